The Bertz CT molecular complexity index is 648. The van der Waals surface area contributed by atoms with E-state index in [4.69, 9.17) is 15.6 Å². The van der Waals surface area contributed by atoms with E-state index in [1.54, 1.807) is 0 Å². The van der Waals surface area contributed by atoms with Gasteiger partial charge in [-0.1, -0.05) is 6.42 Å². The first-order chi connectivity index (χ1) is 9.82. The van der Waals surface area contributed by atoms with Crippen molar-refractivity contribution in [2.75, 3.05) is 19.0 Å². The second-order valence-corrected chi connectivity index (χ2v) is 6.76. The maximum absolute atomic E-state index is 12.3. The molecule has 116 valence electrons. The largest absolute Gasteiger partial charge is 0.495 e. The number of methoxy groups -OCH3 is 1. The van der Waals surface area contributed by atoms with Crippen molar-refractivity contribution in [1.29, 1.82) is 0 Å². The molecule has 0 heterocycles. The lowest BCUT2D eigenvalue weighted by atomic mass is 9.68. The third kappa shape index (κ3) is 3.02. The molecule has 1 amide bonds. The fourth-order valence-corrected chi connectivity index (χ4v) is 2.88. The van der Waals surface area contributed by atoms with Crippen LogP contribution in [0.2, 0.25) is 0 Å². The molecular formula is C13H19N3O4S. The molecule has 1 aromatic rings. The van der Waals surface area contributed by atoms with Crippen molar-refractivity contribution < 1.29 is 17.9 Å². The van der Waals surface area contributed by atoms with Crippen LogP contribution in [0.5, 0.6) is 5.75 Å². The number of nitrogens with two attached hydrogens (primary N) is 2. The lowest BCUT2D eigenvalue weighted by Crippen LogP contribution is -2.47. The van der Waals surface area contributed by atoms with Gasteiger partial charge in [0, 0.05) is 6.54 Å². The summed E-state index contributed by atoms with van der Waals surface area (Å²) in [5.41, 5.74) is 5.39. The summed E-state index contributed by atoms with van der Waals surface area (Å²) in [5.74, 6) is 0.142. The van der Waals surface area contributed by atoms with Gasteiger partial charge in [-0.25, -0.2) is 13.6 Å². The summed E-state index contributed by atoms with van der Waals surface area (Å²) in [6.07, 6.45) is 2.41. The Morgan fingerprint density at radius 2 is 2.10 bits per heavy atom. The monoisotopic (exact) mass is 313 g/mol. The third-order valence-corrected chi connectivity index (χ3v) is 4.84. The van der Waals surface area contributed by atoms with E-state index in [1.165, 1.54) is 25.3 Å². The van der Waals surface area contributed by atoms with Crippen molar-refractivity contribution in [3.05, 3.63) is 18.2 Å². The highest BCUT2D eigenvalue weighted by Gasteiger charge is 2.43. The van der Waals surface area contributed by atoms with Crippen LogP contribution >= 0.6 is 0 Å². The minimum atomic E-state index is -3.85. The molecule has 0 aliphatic heterocycles. The molecule has 7 nitrogen and oxygen atoms in total. The van der Waals surface area contributed by atoms with Crippen LogP contribution in [0.4, 0.5) is 5.69 Å². The van der Waals surface area contributed by atoms with E-state index in [-0.39, 0.29) is 23.0 Å². The van der Waals surface area contributed by atoms with Gasteiger partial charge in [-0.15, -0.1) is 0 Å². The smallest absolute Gasteiger partial charge is 0.238 e. The van der Waals surface area contributed by atoms with E-state index in [1.807, 2.05) is 0 Å². The molecule has 5 N–H and O–H groups in total. The van der Waals surface area contributed by atoms with Gasteiger partial charge in [0.05, 0.1) is 23.1 Å². The van der Waals surface area contributed by atoms with Crippen LogP contribution in [-0.4, -0.2) is 28.0 Å². The van der Waals surface area contributed by atoms with Gasteiger partial charge in [-0.2, -0.15) is 0 Å². The van der Waals surface area contributed by atoms with Gasteiger partial charge in [0.2, 0.25) is 15.9 Å². The number of sulfonamides is 1. The Balaban J connectivity index is 2.32. The predicted molar refractivity (Wildman–Crippen MR) is 78.3 cm³/mol. The number of hydrogen-bond donors (Lipinski definition) is 3. The number of anilines is 1. The molecule has 21 heavy (non-hydrogen) atoms. The fraction of sp³-hybridized carbons (Fsp3) is 0.462. The summed E-state index contributed by atoms with van der Waals surface area (Å²) < 4.78 is 27.9. The minimum absolute atomic E-state index is 0.0889. The van der Waals surface area contributed by atoms with Gasteiger partial charge in [-0.3, -0.25) is 4.79 Å². The second kappa shape index (κ2) is 5.63. The Morgan fingerprint density at radius 1 is 1.43 bits per heavy atom. The zero-order valence-electron chi connectivity index (χ0n) is 11.8. The standard InChI is InChI=1S/C13H19N3O4S/c1-20-11-4-3-9(21(15,18)19)7-10(11)16-12(17)13(8-14)5-2-6-13/h3-4,7H,2,5-6,8,14H2,1H3,(H,16,17)(H2,15,18,19). The Labute approximate surface area is 123 Å². The number of carbonyl (C=O) groups excluding carboxylic acids is 1. The van der Waals surface area contributed by atoms with Crippen molar-refractivity contribution in [3.63, 3.8) is 0 Å². The normalized spacial score (nSPS) is 16.9. The molecule has 0 saturated heterocycles. The Morgan fingerprint density at radius 3 is 2.52 bits per heavy atom. The number of primary sulfonamides is 1. The molecule has 0 atom stereocenters. The number of hydrogen-bond acceptors (Lipinski definition) is 5. The van der Waals surface area contributed by atoms with Gasteiger partial charge in [0.15, 0.2) is 0 Å². The summed E-state index contributed by atoms with van der Waals surface area (Å²) in [6, 6.07) is 4.06. The molecule has 1 saturated carbocycles. The van der Waals surface area contributed by atoms with Crippen molar-refractivity contribution in [2.45, 2.75) is 24.2 Å². The first kappa shape index (κ1) is 15.7. The fourth-order valence-electron chi connectivity index (χ4n) is 2.34. The van der Waals surface area contributed by atoms with E-state index in [0.29, 0.717) is 5.75 Å². The van der Waals surface area contributed by atoms with Crippen LogP contribution in [0, 0.1) is 5.41 Å². The molecule has 0 spiro atoms. The molecule has 1 fully saturated rings. The van der Waals surface area contributed by atoms with Crippen molar-refractivity contribution in [2.24, 2.45) is 16.3 Å². The van der Waals surface area contributed by atoms with Crippen LogP contribution in [0.1, 0.15) is 19.3 Å². The van der Waals surface area contributed by atoms with E-state index >= 15 is 0 Å². The first-order valence-corrected chi connectivity index (χ1v) is 8.09. The van der Waals surface area contributed by atoms with Crippen molar-refractivity contribution >= 4 is 21.6 Å². The minimum Gasteiger partial charge on any atom is -0.495 e. The average molecular weight is 313 g/mol. The van der Waals surface area contributed by atoms with Gasteiger partial charge < -0.3 is 15.8 Å². The maximum Gasteiger partial charge on any atom is 0.238 e. The highest BCUT2D eigenvalue weighted by Crippen LogP contribution is 2.41. The number of carbonyl (C=O) groups is 1. The van der Waals surface area contributed by atoms with Gasteiger partial charge >= 0.3 is 0 Å². The van der Waals surface area contributed by atoms with Crippen LogP contribution in [0.25, 0.3) is 0 Å². The number of ether oxygens (including phenoxy) is 1. The summed E-state index contributed by atoms with van der Waals surface area (Å²) in [5, 5.41) is 7.80. The molecule has 0 radical (unpaired) electrons. The Kier molecular flexibility index (Phi) is 4.22. The molecular weight excluding hydrogens is 294 g/mol. The quantitative estimate of drug-likeness (QED) is 0.726. The summed E-state index contributed by atoms with van der Waals surface area (Å²) in [4.78, 5) is 12.3. The predicted octanol–water partition coefficient (Wildman–Crippen LogP) is 0.410. The summed E-state index contributed by atoms with van der Waals surface area (Å²) in [7, 11) is -2.42. The van der Waals surface area contributed by atoms with Crippen molar-refractivity contribution in [3.8, 4) is 5.75 Å². The third-order valence-electron chi connectivity index (χ3n) is 3.93. The van der Waals surface area contributed by atoms with Gasteiger partial charge in [-0.05, 0) is 31.0 Å². The maximum atomic E-state index is 12.3. The van der Waals surface area contributed by atoms with Crippen LogP contribution in [0.3, 0.4) is 0 Å². The van der Waals surface area contributed by atoms with Crippen molar-refractivity contribution in [1.82, 2.24) is 0 Å². The number of benzene rings is 1. The van der Waals surface area contributed by atoms with Crippen LogP contribution in [-0.2, 0) is 14.8 Å². The molecule has 8 heteroatoms. The topological polar surface area (TPSA) is 125 Å². The van der Waals surface area contributed by atoms with Crippen LogP contribution in [0.15, 0.2) is 23.1 Å². The molecule has 0 aromatic heterocycles. The molecule has 1 aromatic carbocycles. The molecule has 1 aliphatic carbocycles. The van der Waals surface area contributed by atoms with E-state index in [9.17, 15) is 13.2 Å². The van der Waals surface area contributed by atoms with Gasteiger partial charge in [0.25, 0.3) is 0 Å². The van der Waals surface area contributed by atoms with E-state index in [2.05, 4.69) is 5.32 Å². The molecule has 0 bridgehead atoms. The molecule has 2 rings (SSSR count). The first-order valence-electron chi connectivity index (χ1n) is 6.55. The van der Waals surface area contributed by atoms with Crippen LogP contribution < -0.4 is 20.9 Å². The average Bonchev–Trinajstić information content (AvgIpc) is 2.37. The lowest BCUT2D eigenvalue weighted by Gasteiger charge is -2.39. The number of amides is 1. The van der Waals surface area contributed by atoms with E-state index < -0.39 is 15.4 Å². The number of nitrogens with one attached hydrogen (secondary N) is 1. The zero-order valence-corrected chi connectivity index (χ0v) is 12.6. The Hall–Kier alpha value is -1.64. The highest BCUT2D eigenvalue weighted by molar-refractivity contribution is 7.89. The summed E-state index contributed by atoms with van der Waals surface area (Å²) in [6.45, 7) is 0.260. The SMILES string of the molecule is COc1ccc(S(N)(=O)=O)cc1NC(=O)C1(CN)CCC1. The van der Waals surface area contributed by atoms with E-state index in [0.717, 1.165) is 19.3 Å². The number of rotatable bonds is 5. The molecule has 1 aliphatic rings. The van der Waals surface area contributed by atoms with Gasteiger partial charge in [0.1, 0.15) is 5.75 Å². The molecule has 0 unspecified atom stereocenters. The summed E-state index contributed by atoms with van der Waals surface area (Å²) >= 11 is 0. The zero-order chi connectivity index (χ0) is 15.7. The second-order valence-electron chi connectivity index (χ2n) is 5.20. The highest BCUT2D eigenvalue weighted by atomic mass is 32.2. The lowest BCUT2D eigenvalue weighted by molar-refractivity contribution is -0.129.